The SMILES string of the molecule is O=C(CCc1ccc(Cl)cc1)Nc1ccc(NC(=O)c2cccnc2)cc1. The van der Waals surface area contributed by atoms with Gasteiger partial charge in [0.2, 0.25) is 5.91 Å². The Morgan fingerprint density at radius 1 is 0.889 bits per heavy atom. The van der Waals surface area contributed by atoms with Gasteiger partial charge in [-0.25, -0.2) is 0 Å². The Kier molecular flexibility index (Phi) is 6.18. The zero-order chi connectivity index (χ0) is 19.1. The van der Waals surface area contributed by atoms with Gasteiger partial charge in [-0.2, -0.15) is 0 Å². The largest absolute Gasteiger partial charge is 0.326 e. The predicted octanol–water partition coefficient (Wildman–Crippen LogP) is 4.56. The fraction of sp³-hybridized carbons (Fsp3) is 0.0952. The summed E-state index contributed by atoms with van der Waals surface area (Å²) < 4.78 is 0. The Bertz CT molecular complexity index is 910. The number of nitrogens with zero attached hydrogens (tertiary/aromatic N) is 1. The van der Waals surface area contributed by atoms with Crippen molar-refractivity contribution >= 4 is 34.8 Å². The smallest absolute Gasteiger partial charge is 0.257 e. The Morgan fingerprint density at radius 3 is 2.19 bits per heavy atom. The minimum Gasteiger partial charge on any atom is -0.326 e. The molecule has 0 spiro atoms. The van der Waals surface area contributed by atoms with E-state index in [9.17, 15) is 9.59 Å². The number of amides is 2. The molecule has 3 rings (SSSR count). The number of carbonyl (C=O) groups is 2. The summed E-state index contributed by atoms with van der Waals surface area (Å²) in [6.45, 7) is 0. The fourth-order valence-corrected chi connectivity index (χ4v) is 2.60. The zero-order valence-electron chi connectivity index (χ0n) is 14.5. The van der Waals surface area contributed by atoms with Gasteiger partial charge in [0.15, 0.2) is 0 Å². The van der Waals surface area contributed by atoms with Crippen molar-refractivity contribution in [3.05, 3.63) is 89.2 Å². The third-order valence-corrected chi connectivity index (χ3v) is 4.16. The minimum atomic E-state index is -0.233. The van der Waals surface area contributed by atoms with Crippen molar-refractivity contribution < 1.29 is 9.59 Å². The van der Waals surface area contributed by atoms with Crippen LogP contribution in [0.25, 0.3) is 0 Å². The van der Waals surface area contributed by atoms with Crippen molar-refractivity contribution in [2.45, 2.75) is 12.8 Å². The van der Waals surface area contributed by atoms with Gasteiger partial charge < -0.3 is 10.6 Å². The fourth-order valence-electron chi connectivity index (χ4n) is 2.47. The highest BCUT2D eigenvalue weighted by atomic mass is 35.5. The molecule has 1 heterocycles. The maximum Gasteiger partial charge on any atom is 0.257 e. The molecule has 2 N–H and O–H groups in total. The molecule has 0 bridgehead atoms. The average molecular weight is 380 g/mol. The van der Waals surface area contributed by atoms with Crippen molar-refractivity contribution in [1.82, 2.24) is 4.98 Å². The topological polar surface area (TPSA) is 71.1 Å². The Hall–Kier alpha value is -3.18. The number of hydrogen-bond donors (Lipinski definition) is 2. The quantitative estimate of drug-likeness (QED) is 0.659. The molecular weight excluding hydrogens is 362 g/mol. The summed E-state index contributed by atoms with van der Waals surface area (Å²) >= 11 is 5.85. The lowest BCUT2D eigenvalue weighted by Crippen LogP contribution is -2.13. The summed E-state index contributed by atoms with van der Waals surface area (Å²) in [7, 11) is 0. The van der Waals surface area contributed by atoms with Crippen LogP contribution < -0.4 is 10.6 Å². The van der Waals surface area contributed by atoms with Crippen molar-refractivity contribution in [2.75, 3.05) is 10.6 Å². The van der Waals surface area contributed by atoms with Crippen LogP contribution in [0.1, 0.15) is 22.3 Å². The molecule has 0 unspecified atom stereocenters. The Labute approximate surface area is 162 Å². The summed E-state index contributed by atoms with van der Waals surface area (Å²) in [6, 6.07) is 17.8. The summed E-state index contributed by atoms with van der Waals surface area (Å²) in [4.78, 5) is 28.1. The summed E-state index contributed by atoms with van der Waals surface area (Å²) in [5.74, 6) is -0.306. The lowest BCUT2D eigenvalue weighted by Gasteiger charge is -2.08. The van der Waals surface area contributed by atoms with E-state index >= 15 is 0 Å². The van der Waals surface area contributed by atoms with Crippen LogP contribution in [0.2, 0.25) is 5.02 Å². The van der Waals surface area contributed by atoms with Crippen LogP contribution in [-0.4, -0.2) is 16.8 Å². The maximum absolute atomic E-state index is 12.1. The summed E-state index contributed by atoms with van der Waals surface area (Å²) in [6.07, 6.45) is 4.13. The zero-order valence-corrected chi connectivity index (χ0v) is 15.2. The van der Waals surface area contributed by atoms with Crippen LogP contribution in [-0.2, 0) is 11.2 Å². The molecule has 3 aromatic rings. The van der Waals surface area contributed by atoms with Crippen molar-refractivity contribution in [2.24, 2.45) is 0 Å². The van der Waals surface area contributed by atoms with E-state index in [0.717, 1.165) is 5.56 Å². The molecule has 1 aromatic heterocycles. The predicted molar refractivity (Wildman–Crippen MR) is 107 cm³/mol. The monoisotopic (exact) mass is 379 g/mol. The van der Waals surface area contributed by atoms with Gasteiger partial charge in [-0.1, -0.05) is 23.7 Å². The highest BCUT2D eigenvalue weighted by Gasteiger charge is 2.07. The van der Waals surface area contributed by atoms with Gasteiger partial charge in [0.05, 0.1) is 5.56 Å². The normalized spacial score (nSPS) is 10.3. The van der Waals surface area contributed by atoms with Crippen molar-refractivity contribution in [1.29, 1.82) is 0 Å². The number of rotatable bonds is 6. The van der Waals surface area contributed by atoms with Gasteiger partial charge in [-0.05, 0) is 60.5 Å². The number of hydrogen-bond acceptors (Lipinski definition) is 3. The van der Waals surface area contributed by atoms with Gasteiger partial charge >= 0.3 is 0 Å². The molecule has 0 aliphatic rings. The van der Waals surface area contributed by atoms with Gasteiger partial charge in [-0.15, -0.1) is 0 Å². The van der Waals surface area contributed by atoms with Gasteiger partial charge in [-0.3, -0.25) is 14.6 Å². The molecule has 0 atom stereocenters. The number of carbonyl (C=O) groups excluding carboxylic acids is 2. The number of benzene rings is 2. The standard InChI is InChI=1S/C21H18ClN3O2/c22-17-6-3-15(4-7-17)5-12-20(26)24-18-8-10-19(11-9-18)25-21(27)16-2-1-13-23-14-16/h1-4,6-11,13-14H,5,12H2,(H,24,26)(H,25,27). The second-order valence-electron chi connectivity index (χ2n) is 5.95. The maximum atomic E-state index is 12.1. The molecule has 2 aromatic carbocycles. The van der Waals surface area contributed by atoms with Crippen LogP contribution in [0.5, 0.6) is 0 Å². The van der Waals surface area contributed by atoms with E-state index in [4.69, 9.17) is 11.6 Å². The van der Waals surface area contributed by atoms with E-state index in [2.05, 4.69) is 15.6 Å². The molecule has 6 heteroatoms. The lowest BCUT2D eigenvalue weighted by atomic mass is 10.1. The molecule has 0 aliphatic heterocycles. The molecule has 0 saturated carbocycles. The molecule has 0 fully saturated rings. The van der Waals surface area contributed by atoms with Gasteiger partial charge in [0, 0.05) is 35.2 Å². The highest BCUT2D eigenvalue weighted by molar-refractivity contribution is 6.30. The van der Waals surface area contributed by atoms with E-state index < -0.39 is 0 Å². The second kappa shape index (κ2) is 8.96. The summed E-state index contributed by atoms with van der Waals surface area (Å²) in [5, 5.41) is 6.32. The first-order valence-electron chi connectivity index (χ1n) is 8.46. The molecule has 27 heavy (non-hydrogen) atoms. The Morgan fingerprint density at radius 2 is 1.56 bits per heavy atom. The Balaban J connectivity index is 1.50. The van der Waals surface area contributed by atoms with Crippen molar-refractivity contribution in [3.8, 4) is 0 Å². The highest BCUT2D eigenvalue weighted by Crippen LogP contribution is 2.16. The molecule has 0 saturated heterocycles. The average Bonchev–Trinajstić information content (AvgIpc) is 2.70. The van der Waals surface area contributed by atoms with Gasteiger partial charge in [0.1, 0.15) is 0 Å². The van der Waals surface area contributed by atoms with E-state index in [1.165, 1.54) is 6.20 Å². The third-order valence-electron chi connectivity index (χ3n) is 3.90. The molecule has 0 aliphatic carbocycles. The van der Waals surface area contributed by atoms with Crippen LogP contribution >= 0.6 is 11.6 Å². The number of aryl methyl sites for hydroxylation is 1. The molecular formula is C21H18ClN3O2. The first-order valence-corrected chi connectivity index (χ1v) is 8.84. The third kappa shape index (κ3) is 5.66. The number of aromatic nitrogens is 1. The number of anilines is 2. The van der Waals surface area contributed by atoms with Crippen LogP contribution in [0.4, 0.5) is 11.4 Å². The van der Waals surface area contributed by atoms with E-state index in [-0.39, 0.29) is 11.8 Å². The first-order chi connectivity index (χ1) is 13.1. The van der Waals surface area contributed by atoms with E-state index in [1.54, 1.807) is 42.6 Å². The molecule has 2 amide bonds. The number of pyridine rings is 1. The minimum absolute atomic E-state index is 0.0721. The molecule has 136 valence electrons. The van der Waals surface area contributed by atoms with Crippen LogP contribution in [0.3, 0.4) is 0 Å². The first kappa shape index (κ1) is 18.6. The second-order valence-corrected chi connectivity index (χ2v) is 6.38. The molecule has 0 radical (unpaired) electrons. The lowest BCUT2D eigenvalue weighted by molar-refractivity contribution is -0.116. The van der Waals surface area contributed by atoms with Gasteiger partial charge in [0.25, 0.3) is 5.91 Å². The summed E-state index contributed by atoms with van der Waals surface area (Å²) in [5.41, 5.74) is 2.86. The van der Waals surface area contributed by atoms with E-state index in [0.29, 0.717) is 34.8 Å². The van der Waals surface area contributed by atoms with Crippen molar-refractivity contribution in [3.63, 3.8) is 0 Å². The van der Waals surface area contributed by atoms with Crippen LogP contribution in [0.15, 0.2) is 73.1 Å². The molecule has 5 nitrogen and oxygen atoms in total. The van der Waals surface area contributed by atoms with Crippen LogP contribution in [0, 0.1) is 0 Å². The number of nitrogens with one attached hydrogen (secondary N) is 2. The van der Waals surface area contributed by atoms with E-state index in [1.807, 2.05) is 24.3 Å². The number of halogens is 1.